The maximum absolute atomic E-state index is 13.4. The molecule has 0 unspecified atom stereocenters. The van der Waals surface area contributed by atoms with E-state index in [2.05, 4.69) is 10.3 Å². The number of benzene rings is 2. The topological polar surface area (TPSA) is 75.4 Å². The monoisotopic (exact) mass is 414 g/mol. The zero-order valence-corrected chi connectivity index (χ0v) is 16.0. The molecule has 4 rings (SSSR count). The summed E-state index contributed by atoms with van der Waals surface area (Å²) in [5, 5.41) is 13.0. The molecule has 0 aliphatic carbocycles. The van der Waals surface area contributed by atoms with Gasteiger partial charge < -0.3 is 14.8 Å². The van der Waals surface area contributed by atoms with Crippen LogP contribution in [0, 0.1) is 6.92 Å². The molecule has 0 saturated heterocycles. The minimum atomic E-state index is -4.57. The van der Waals surface area contributed by atoms with Crippen LogP contribution in [-0.4, -0.2) is 16.1 Å². The second kappa shape index (κ2) is 7.05. The van der Waals surface area contributed by atoms with E-state index in [4.69, 9.17) is 4.42 Å². The first-order valence-corrected chi connectivity index (χ1v) is 9.14. The summed E-state index contributed by atoms with van der Waals surface area (Å²) >= 11 is 0. The number of aromatic carboxylic acids is 1. The number of halogens is 3. The first kappa shape index (κ1) is 19.8. The van der Waals surface area contributed by atoms with Crippen molar-refractivity contribution in [3.05, 3.63) is 70.9 Å². The Kier molecular flexibility index (Phi) is 4.64. The van der Waals surface area contributed by atoms with Gasteiger partial charge in [-0.25, -0.2) is 4.79 Å². The number of aryl methyl sites for hydroxylation is 1. The Morgan fingerprint density at radius 2 is 1.90 bits per heavy atom. The second-order valence-electron chi connectivity index (χ2n) is 7.08. The molecule has 1 atom stereocenters. The largest absolute Gasteiger partial charge is 0.478 e. The van der Waals surface area contributed by atoms with Gasteiger partial charge in [-0.3, -0.25) is 4.98 Å². The molecule has 4 aromatic rings. The van der Waals surface area contributed by atoms with Crippen LogP contribution in [0.5, 0.6) is 0 Å². The standard InChI is InChI=1S/C22H17F3N2O3/c1-11-9-14(12(2)27-17-6-4-3-5-13(17)21(28)29)19-15(10-11)18-20(30-19)16(7-8-26-18)22(23,24)25/h3-10,12,27H,1-2H3,(H,28,29)/t12-/m1/s1. The maximum Gasteiger partial charge on any atom is 0.420 e. The number of nitrogens with one attached hydrogen (secondary N) is 1. The van der Waals surface area contributed by atoms with Crippen LogP contribution in [0.2, 0.25) is 0 Å². The number of fused-ring (bicyclic) bond motifs is 3. The molecule has 0 aliphatic heterocycles. The Bertz CT molecular complexity index is 1280. The Morgan fingerprint density at radius 3 is 2.60 bits per heavy atom. The number of alkyl halides is 3. The maximum atomic E-state index is 13.4. The number of carboxylic acid groups (broad SMARTS) is 1. The zero-order valence-electron chi connectivity index (χ0n) is 16.0. The van der Waals surface area contributed by atoms with Crippen molar-refractivity contribution in [3.8, 4) is 0 Å². The molecule has 2 aromatic carbocycles. The fourth-order valence-electron chi connectivity index (χ4n) is 3.59. The molecule has 8 heteroatoms. The van der Waals surface area contributed by atoms with E-state index in [1.807, 2.05) is 6.92 Å². The predicted octanol–water partition coefficient (Wildman–Crippen LogP) is 6.18. The van der Waals surface area contributed by atoms with E-state index in [1.54, 1.807) is 37.3 Å². The van der Waals surface area contributed by atoms with Crippen molar-refractivity contribution in [3.63, 3.8) is 0 Å². The number of carbonyl (C=O) groups is 1. The van der Waals surface area contributed by atoms with Gasteiger partial charge in [0, 0.05) is 22.8 Å². The number of aromatic nitrogens is 1. The van der Waals surface area contributed by atoms with Crippen molar-refractivity contribution in [2.24, 2.45) is 0 Å². The van der Waals surface area contributed by atoms with E-state index >= 15 is 0 Å². The minimum Gasteiger partial charge on any atom is -0.478 e. The summed E-state index contributed by atoms with van der Waals surface area (Å²) in [7, 11) is 0. The third-order valence-electron chi connectivity index (χ3n) is 4.93. The lowest BCUT2D eigenvalue weighted by Gasteiger charge is -2.18. The molecule has 0 radical (unpaired) electrons. The minimum absolute atomic E-state index is 0.0962. The Balaban J connectivity index is 1.88. The molecule has 2 N–H and O–H groups in total. The molecule has 0 spiro atoms. The van der Waals surface area contributed by atoms with Crippen molar-refractivity contribution < 1.29 is 27.5 Å². The van der Waals surface area contributed by atoms with Crippen molar-refractivity contribution in [1.82, 2.24) is 4.98 Å². The lowest BCUT2D eigenvalue weighted by Crippen LogP contribution is -2.11. The van der Waals surface area contributed by atoms with Crippen LogP contribution < -0.4 is 5.32 Å². The molecular formula is C22H17F3N2O3. The van der Waals surface area contributed by atoms with Crippen LogP contribution in [0.1, 0.15) is 40.0 Å². The van der Waals surface area contributed by atoms with E-state index in [9.17, 15) is 23.1 Å². The first-order valence-electron chi connectivity index (χ1n) is 9.14. The third kappa shape index (κ3) is 3.34. The van der Waals surface area contributed by atoms with Gasteiger partial charge >= 0.3 is 12.1 Å². The smallest absolute Gasteiger partial charge is 0.420 e. The van der Waals surface area contributed by atoms with Gasteiger partial charge in [0.05, 0.1) is 11.6 Å². The van der Waals surface area contributed by atoms with Gasteiger partial charge in [-0.05, 0) is 43.7 Å². The van der Waals surface area contributed by atoms with E-state index in [-0.39, 0.29) is 22.2 Å². The van der Waals surface area contributed by atoms with Crippen molar-refractivity contribution in [2.75, 3.05) is 5.32 Å². The van der Waals surface area contributed by atoms with Crippen molar-refractivity contribution in [2.45, 2.75) is 26.1 Å². The van der Waals surface area contributed by atoms with E-state index < -0.39 is 23.8 Å². The summed E-state index contributed by atoms with van der Waals surface area (Å²) in [6.45, 7) is 3.62. The SMILES string of the molecule is Cc1cc([C@@H](C)Nc2ccccc2C(=O)O)c2oc3c(C(F)(F)F)ccnc3c2c1. The van der Waals surface area contributed by atoms with Gasteiger partial charge in [-0.2, -0.15) is 13.2 Å². The lowest BCUT2D eigenvalue weighted by atomic mass is 10.0. The van der Waals surface area contributed by atoms with Crippen molar-refractivity contribution >= 4 is 33.7 Å². The highest BCUT2D eigenvalue weighted by Gasteiger charge is 2.35. The van der Waals surface area contributed by atoms with Crippen LogP contribution in [0.15, 0.2) is 53.1 Å². The number of pyridine rings is 1. The predicted molar refractivity (Wildman–Crippen MR) is 107 cm³/mol. The zero-order chi connectivity index (χ0) is 21.6. The Labute approximate surface area is 169 Å². The van der Waals surface area contributed by atoms with Gasteiger partial charge in [-0.1, -0.05) is 18.2 Å². The average molecular weight is 414 g/mol. The number of para-hydroxylation sites is 1. The van der Waals surface area contributed by atoms with Gasteiger partial charge in [0.1, 0.15) is 16.7 Å². The van der Waals surface area contributed by atoms with Crippen LogP contribution in [0.25, 0.3) is 22.1 Å². The van der Waals surface area contributed by atoms with Crippen molar-refractivity contribution in [1.29, 1.82) is 0 Å². The number of furan rings is 1. The summed E-state index contributed by atoms with van der Waals surface area (Å²) in [5.74, 6) is -1.08. The molecule has 0 fully saturated rings. The number of carboxylic acids is 1. The highest BCUT2D eigenvalue weighted by molar-refractivity contribution is 6.05. The molecule has 0 aliphatic rings. The summed E-state index contributed by atoms with van der Waals surface area (Å²) in [6.07, 6.45) is -3.46. The van der Waals surface area contributed by atoms with E-state index in [0.717, 1.165) is 17.8 Å². The third-order valence-corrected chi connectivity index (χ3v) is 4.93. The van der Waals surface area contributed by atoms with E-state index in [0.29, 0.717) is 16.6 Å². The number of hydrogen-bond acceptors (Lipinski definition) is 4. The lowest BCUT2D eigenvalue weighted by molar-refractivity contribution is -0.136. The van der Waals surface area contributed by atoms with Crippen LogP contribution >= 0.6 is 0 Å². The summed E-state index contributed by atoms with van der Waals surface area (Å²) in [6, 6.07) is 10.4. The fraction of sp³-hybridized carbons (Fsp3) is 0.182. The molecular weight excluding hydrogens is 397 g/mol. The average Bonchev–Trinajstić information content (AvgIpc) is 3.05. The van der Waals surface area contributed by atoms with Crippen LogP contribution in [0.3, 0.4) is 0 Å². The molecule has 30 heavy (non-hydrogen) atoms. The highest BCUT2D eigenvalue weighted by atomic mass is 19.4. The molecule has 0 bridgehead atoms. The summed E-state index contributed by atoms with van der Waals surface area (Å²) in [4.78, 5) is 15.6. The number of hydrogen-bond donors (Lipinski definition) is 2. The summed E-state index contributed by atoms with van der Waals surface area (Å²) in [5.41, 5.74) is 1.15. The highest BCUT2D eigenvalue weighted by Crippen LogP contribution is 2.40. The number of anilines is 1. The molecule has 0 amide bonds. The Hall–Kier alpha value is -3.55. The van der Waals surface area contributed by atoms with Crippen LogP contribution in [-0.2, 0) is 6.18 Å². The molecule has 2 aromatic heterocycles. The number of nitrogens with zero attached hydrogens (tertiary/aromatic N) is 1. The quantitative estimate of drug-likeness (QED) is 0.417. The molecule has 154 valence electrons. The molecule has 0 saturated carbocycles. The van der Waals surface area contributed by atoms with Crippen LogP contribution in [0.4, 0.5) is 18.9 Å². The van der Waals surface area contributed by atoms with Gasteiger partial charge in [0.15, 0.2) is 5.58 Å². The molecule has 2 heterocycles. The van der Waals surface area contributed by atoms with Gasteiger partial charge in [-0.15, -0.1) is 0 Å². The molecule has 5 nitrogen and oxygen atoms in total. The normalized spacial score (nSPS) is 13.0. The fourth-order valence-corrected chi connectivity index (χ4v) is 3.59. The Morgan fingerprint density at radius 1 is 1.17 bits per heavy atom. The first-order chi connectivity index (χ1) is 14.2. The second-order valence-corrected chi connectivity index (χ2v) is 7.08. The van der Waals surface area contributed by atoms with Gasteiger partial charge in [0.25, 0.3) is 0 Å². The summed E-state index contributed by atoms with van der Waals surface area (Å²) < 4.78 is 46.0. The van der Waals surface area contributed by atoms with Gasteiger partial charge in [0.2, 0.25) is 0 Å². The van der Waals surface area contributed by atoms with E-state index in [1.165, 1.54) is 6.07 Å². The number of rotatable bonds is 4.